The summed E-state index contributed by atoms with van der Waals surface area (Å²) in [5, 5.41) is 6.24. The summed E-state index contributed by atoms with van der Waals surface area (Å²) in [5.41, 5.74) is 3.92. The van der Waals surface area contributed by atoms with Crippen molar-refractivity contribution in [1.82, 2.24) is 20.1 Å². The minimum absolute atomic E-state index is 0.0510. The van der Waals surface area contributed by atoms with E-state index in [4.69, 9.17) is 5.73 Å². The van der Waals surface area contributed by atoms with Gasteiger partial charge in [0.05, 0.1) is 28.6 Å². The number of rotatable bonds is 8. The van der Waals surface area contributed by atoms with Crippen molar-refractivity contribution >= 4 is 17.6 Å². The standard InChI is InChI=1S/C30H21F6N5O3/c31-15-6-13(7-16(32)10-15)8-22(25-17(2-1-5-38-25)14-3-4-21(33)20(9-14)29(37)44)39-23(42)12-41-26-18-11-19(18)27(43)24(26)28(40-41)30(34,35)36/h1-7,9-10,18-19,22H,8,11-12H2,(H2,37,44)(H,39,42)/t18?,19?,22-/m0/s1. The van der Waals surface area contributed by atoms with E-state index in [-0.39, 0.29) is 28.9 Å². The number of nitrogens with one attached hydrogen (secondary N) is 1. The Kier molecular flexibility index (Phi) is 7.01. The van der Waals surface area contributed by atoms with E-state index in [1.165, 1.54) is 24.4 Å². The largest absolute Gasteiger partial charge is 0.435 e. The molecule has 2 aromatic heterocycles. The number of fused-ring (bicyclic) bond motifs is 3. The molecule has 0 radical (unpaired) electrons. The maximum atomic E-state index is 14.2. The number of amides is 2. The van der Waals surface area contributed by atoms with Crippen LogP contribution < -0.4 is 11.1 Å². The molecule has 0 aliphatic heterocycles. The summed E-state index contributed by atoms with van der Waals surface area (Å²) in [5.74, 6) is -6.16. The molecule has 0 saturated heterocycles. The Balaban J connectivity index is 1.37. The Bertz CT molecular complexity index is 1830. The number of hydrogen-bond donors (Lipinski definition) is 2. The molecule has 2 heterocycles. The number of carbonyl (C=O) groups is 3. The zero-order valence-electron chi connectivity index (χ0n) is 22.5. The molecule has 2 aliphatic carbocycles. The van der Waals surface area contributed by atoms with E-state index >= 15 is 0 Å². The van der Waals surface area contributed by atoms with E-state index in [2.05, 4.69) is 15.4 Å². The Morgan fingerprint density at radius 2 is 1.77 bits per heavy atom. The van der Waals surface area contributed by atoms with Gasteiger partial charge in [-0.15, -0.1) is 0 Å². The highest BCUT2D eigenvalue weighted by molar-refractivity contribution is 6.06. The van der Waals surface area contributed by atoms with Gasteiger partial charge >= 0.3 is 6.18 Å². The first kappa shape index (κ1) is 29.1. The molecule has 2 unspecified atom stereocenters. The van der Waals surface area contributed by atoms with Crippen molar-refractivity contribution in [1.29, 1.82) is 0 Å². The lowest BCUT2D eigenvalue weighted by molar-refractivity contribution is -0.142. The lowest BCUT2D eigenvalue weighted by Gasteiger charge is -2.22. The molecule has 0 spiro atoms. The summed E-state index contributed by atoms with van der Waals surface area (Å²) in [6, 6.07) is 8.27. The molecule has 6 rings (SSSR count). The Hall–Kier alpha value is -5.01. The number of primary amides is 1. The van der Waals surface area contributed by atoms with Gasteiger partial charge in [-0.25, -0.2) is 13.2 Å². The van der Waals surface area contributed by atoms with Crippen molar-refractivity contribution in [3.8, 4) is 11.1 Å². The number of pyridine rings is 1. The van der Waals surface area contributed by atoms with Crippen LogP contribution in [0.2, 0.25) is 0 Å². The second kappa shape index (κ2) is 10.6. The summed E-state index contributed by atoms with van der Waals surface area (Å²) in [6.07, 6.45) is -3.39. The first-order valence-electron chi connectivity index (χ1n) is 13.3. The van der Waals surface area contributed by atoms with Gasteiger partial charge in [-0.1, -0.05) is 12.1 Å². The van der Waals surface area contributed by atoms with Crippen LogP contribution in [0.15, 0.2) is 54.7 Å². The Labute approximate surface area is 244 Å². The SMILES string of the molecule is NC(=O)c1cc(-c2cccnc2[C@H](Cc2cc(F)cc(F)c2)NC(=O)Cn2nc(C(F)(F)F)c3c2C2CC2C3=O)ccc1F. The number of carbonyl (C=O) groups excluding carboxylic acids is 3. The van der Waals surface area contributed by atoms with Crippen LogP contribution in [0.3, 0.4) is 0 Å². The summed E-state index contributed by atoms with van der Waals surface area (Å²) < 4.78 is 84.4. The molecule has 1 fully saturated rings. The van der Waals surface area contributed by atoms with Gasteiger partial charge in [-0.05, 0) is 54.3 Å². The maximum Gasteiger partial charge on any atom is 0.435 e. The predicted molar refractivity (Wildman–Crippen MR) is 142 cm³/mol. The van der Waals surface area contributed by atoms with Crippen LogP contribution in [0.4, 0.5) is 26.3 Å². The van der Waals surface area contributed by atoms with Gasteiger partial charge in [-0.2, -0.15) is 18.3 Å². The van der Waals surface area contributed by atoms with Gasteiger partial charge in [0.1, 0.15) is 24.0 Å². The van der Waals surface area contributed by atoms with E-state index in [1.54, 1.807) is 6.07 Å². The van der Waals surface area contributed by atoms with Gasteiger partial charge < -0.3 is 11.1 Å². The molecule has 3 atom stereocenters. The predicted octanol–water partition coefficient (Wildman–Crippen LogP) is 4.88. The van der Waals surface area contributed by atoms with Crippen LogP contribution in [-0.4, -0.2) is 32.4 Å². The van der Waals surface area contributed by atoms with E-state index in [0.717, 1.165) is 22.9 Å². The van der Waals surface area contributed by atoms with E-state index in [9.17, 15) is 40.7 Å². The number of alkyl halides is 3. The first-order chi connectivity index (χ1) is 20.8. The highest BCUT2D eigenvalue weighted by Crippen LogP contribution is 2.58. The van der Waals surface area contributed by atoms with Crippen LogP contribution in [0.25, 0.3) is 11.1 Å². The average molecular weight is 614 g/mol. The third-order valence-electron chi connectivity index (χ3n) is 7.69. The Morgan fingerprint density at radius 1 is 1.05 bits per heavy atom. The number of Topliss-reactive ketones (excluding diaryl/α,β-unsaturated/α-hetero) is 1. The van der Waals surface area contributed by atoms with E-state index in [1.807, 2.05) is 0 Å². The summed E-state index contributed by atoms with van der Waals surface area (Å²) in [4.78, 5) is 42.0. The van der Waals surface area contributed by atoms with E-state index in [0.29, 0.717) is 18.1 Å². The number of nitrogens with zero attached hydrogens (tertiary/aromatic N) is 3. The molecule has 2 aliphatic rings. The molecule has 4 aromatic rings. The zero-order valence-corrected chi connectivity index (χ0v) is 22.5. The lowest BCUT2D eigenvalue weighted by atomic mass is 9.94. The molecule has 3 N–H and O–H groups in total. The molecular formula is C30H21F6N5O3. The van der Waals surface area contributed by atoms with Crippen LogP contribution in [0.1, 0.15) is 61.7 Å². The van der Waals surface area contributed by atoms with Gasteiger partial charge in [0, 0.05) is 29.7 Å². The summed E-state index contributed by atoms with van der Waals surface area (Å²) >= 11 is 0. The fourth-order valence-electron chi connectivity index (χ4n) is 5.76. The highest BCUT2D eigenvalue weighted by Gasteiger charge is 2.58. The minimum atomic E-state index is -4.91. The summed E-state index contributed by atoms with van der Waals surface area (Å²) in [7, 11) is 0. The van der Waals surface area contributed by atoms with Gasteiger partial charge in [0.15, 0.2) is 11.5 Å². The van der Waals surface area contributed by atoms with Crippen LogP contribution in [-0.2, 0) is 23.9 Å². The lowest BCUT2D eigenvalue weighted by Crippen LogP contribution is -2.34. The fourth-order valence-corrected chi connectivity index (χ4v) is 5.76. The second-order valence-electron chi connectivity index (χ2n) is 10.7. The van der Waals surface area contributed by atoms with Crippen molar-refractivity contribution < 1.29 is 40.7 Å². The fraction of sp³-hybridized carbons (Fsp3) is 0.233. The molecule has 8 nitrogen and oxygen atoms in total. The molecule has 1 saturated carbocycles. The first-order valence-corrected chi connectivity index (χ1v) is 13.3. The third-order valence-corrected chi connectivity index (χ3v) is 7.69. The molecule has 44 heavy (non-hydrogen) atoms. The number of hydrogen-bond acceptors (Lipinski definition) is 5. The van der Waals surface area contributed by atoms with Gasteiger partial charge in [0.25, 0.3) is 5.91 Å². The van der Waals surface area contributed by atoms with Crippen molar-refractivity contribution in [2.24, 2.45) is 11.7 Å². The minimum Gasteiger partial charge on any atom is -0.366 e. The number of aromatic nitrogens is 3. The van der Waals surface area contributed by atoms with Gasteiger partial charge in [0.2, 0.25) is 5.91 Å². The van der Waals surface area contributed by atoms with Crippen LogP contribution >= 0.6 is 0 Å². The van der Waals surface area contributed by atoms with Crippen molar-refractivity contribution in [2.45, 2.75) is 37.5 Å². The molecule has 226 valence electrons. The van der Waals surface area contributed by atoms with Crippen LogP contribution in [0, 0.1) is 23.4 Å². The quantitative estimate of drug-likeness (QED) is 0.275. The third kappa shape index (κ3) is 5.31. The number of benzene rings is 2. The van der Waals surface area contributed by atoms with Crippen LogP contribution in [0.5, 0.6) is 0 Å². The van der Waals surface area contributed by atoms with Crippen molar-refractivity contribution in [3.05, 3.63) is 106 Å². The number of ketones is 1. The molecule has 2 amide bonds. The normalized spacial score (nSPS) is 17.6. The van der Waals surface area contributed by atoms with Gasteiger partial charge in [-0.3, -0.25) is 24.0 Å². The molecule has 2 aromatic carbocycles. The average Bonchev–Trinajstić information content (AvgIpc) is 3.56. The topological polar surface area (TPSA) is 120 Å². The number of nitrogens with two attached hydrogens (primary N) is 1. The highest BCUT2D eigenvalue weighted by atomic mass is 19.4. The number of halogens is 6. The zero-order chi connectivity index (χ0) is 31.5. The van der Waals surface area contributed by atoms with Crippen molar-refractivity contribution in [2.75, 3.05) is 0 Å². The molecule has 0 bridgehead atoms. The summed E-state index contributed by atoms with van der Waals surface area (Å²) in [6.45, 7) is -0.687. The smallest absolute Gasteiger partial charge is 0.366 e. The Morgan fingerprint density at radius 3 is 2.45 bits per heavy atom. The second-order valence-corrected chi connectivity index (χ2v) is 10.7. The maximum absolute atomic E-state index is 14.2. The van der Waals surface area contributed by atoms with Crippen molar-refractivity contribution in [3.63, 3.8) is 0 Å². The monoisotopic (exact) mass is 613 g/mol. The molecular weight excluding hydrogens is 592 g/mol. The van der Waals surface area contributed by atoms with E-state index < -0.39 is 82.5 Å². The molecule has 14 heteroatoms.